The van der Waals surface area contributed by atoms with Gasteiger partial charge >= 0.3 is 5.63 Å². The number of aryl methyl sites for hydroxylation is 1. The van der Waals surface area contributed by atoms with E-state index in [2.05, 4.69) is 0 Å². The summed E-state index contributed by atoms with van der Waals surface area (Å²) in [4.78, 5) is 36.5. The van der Waals surface area contributed by atoms with E-state index in [9.17, 15) is 14.4 Å². The second-order valence-electron chi connectivity index (χ2n) is 5.84. The highest BCUT2D eigenvalue weighted by Gasteiger charge is 2.32. The minimum Gasteiger partial charge on any atom is -0.484 e. The Bertz CT molecular complexity index is 858. The largest absolute Gasteiger partial charge is 0.484 e. The summed E-state index contributed by atoms with van der Waals surface area (Å²) in [6, 6.07) is 5.92. The van der Waals surface area contributed by atoms with Gasteiger partial charge in [-0.3, -0.25) is 9.59 Å². The number of amides is 2. The van der Waals surface area contributed by atoms with Crippen molar-refractivity contribution in [2.45, 2.75) is 25.8 Å². The fourth-order valence-electron chi connectivity index (χ4n) is 2.98. The summed E-state index contributed by atoms with van der Waals surface area (Å²) in [7, 11) is 0. The quantitative estimate of drug-likeness (QED) is 0.841. The van der Waals surface area contributed by atoms with Gasteiger partial charge in [0.05, 0.1) is 0 Å². The molecule has 0 spiro atoms. The van der Waals surface area contributed by atoms with Gasteiger partial charge < -0.3 is 19.8 Å². The molecule has 2 heterocycles. The van der Waals surface area contributed by atoms with Crippen LogP contribution in [-0.2, 0) is 9.59 Å². The monoisotopic (exact) mass is 330 g/mol. The Balaban J connectivity index is 1.72. The topological polar surface area (TPSA) is 103 Å². The Morgan fingerprint density at radius 2 is 2.17 bits per heavy atom. The summed E-state index contributed by atoms with van der Waals surface area (Å²) >= 11 is 0. The maximum absolute atomic E-state index is 12.2. The summed E-state index contributed by atoms with van der Waals surface area (Å²) in [5, 5.41) is 0.807. The van der Waals surface area contributed by atoms with Crippen molar-refractivity contribution in [3.05, 3.63) is 40.2 Å². The first-order valence-electron chi connectivity index (χ1n) is 7.72. The van der Waals surface area contributed by atoms with Crippen molar-refractivity contribution in [2.75, 3.05) is 13.2 Å². The third kappa shape index (κ3) is 3.10. The van der Waals surface area contributed by atoms with E-state index in [-0.39, 0.29) is 12.5 Å². The van der Waals surface area contributed by atoms with Crippen LogP contribution in [0.3, 0.4) is 0 Å². The highest BCUT2D eigenvalue weighted by molar-refractivity contribution is 5.88. The van der Waals surface area contributed by atoms with Gasteiger partial charge in [0.1, 0.15) is 17.4 Å². The summed E-state index contributed by atoms with van der Waals surface area (Å²) in [5.41, 5.74) is 6.09. The van der Waals surface area contributed by atoms with Crippen molar-refractivity contribution in [2.24, 2.45) is 5.73 Å². The van der Waals surface area contributed by atoms with E-state index in [1.807, 2.05) is 6.92 Å². The predicted octanol–water partition coefficient (Wildman–Crippen LogP) is 0.957. The van der Waals surface area contributed by atoms with E-state index in [1.54, 1.807) is 18.2 Å². The van der Waals surface area contributed by atoms with E-state index >= 15 is 0 Å². The SMILES string of the molecule is Cc1cc(=O)oc2cc(OCC(=O)N3CCCC3C(N)=O)ccc12. The van der Waals surface area contributed by atoms with Gasteiger partial charge in [-0.2, -0.15) is 0 Å². The molecule has 24 heavy (non-hydrogen) atoms. The second-order valence-corrected chi connectivity index (χ2v) is 5.84. The van der Waals surface area contributed by atoms with Gasteiger partial charge in [0.2, 0.25) is 5.91 Å². The third-order valence-corrected chi connectivity index (χ3v) is 4.19. The number of fused-ring (bicyclic) bond motifs is 1. The molecule has 0 radical (unpaired) electrons. The van der Waals surface area contributed by atoms with Crippen molar-refractivity contribution in [1.29, 1.82) is 0 Å². The fourth-order valence-corrected chi connectivity index (χ4v) is 2.98. The molecule has 1 aliphatic rings. The molecule has 7 heteroatoms. The summed E-state index contributed by atoms with van der Waals surface area (Å²) < 4.78 is 10.6. The minimum atomic E-state index is -0.557. The van der Waals surface area contributed by atoms with Crippen LogP contribution in [0.1, 0.15) is 18.4 Å². The molecule has 3 rings (SSSR count). The van der Waals surface area contributed by atoms with Gasteiger partial charge in [-0.1, -0.05) is 0 Å². The molecule has 1 saturated heterocycles. The van der Waals surface area contributed by atoms with Gasteiger partial charge in [0.25, 0.3) is 5.91 Å². The Morgan fingerprint density at radius 1 is 1.38 bits per heavy atom. The lowest BCUT2D eigenvalue weighted by Crippen LogP contribution is -2.45. The number of ether oxygens (including phenoxy) is 1. The average molecular weight is 330 g/mol. The van der Waals surface area contributed by atoms with Crippen LogP contribution in [0.5, 0.6) is 5.75 Å². The maximum atomic E-state index is 12.2. The van der Waals surface area contributed by atoms with E-state index in [1.165, 1.54) is 11.0 Å². The zero-order chi connectivity index (χ0) is 17.3. The average Bonchev–Trinajstić information content (AvgIpc) is 3.02. The first-order chi connectivity index (χ1) is 11.5. The number of hydrogen-bond donors (Lipinski definition) is 1. The van der Waals surface area contributed by atoms with Gasteiger partial charge in [0, 0.05) is 24.1 Å². The molecule has 0 aliphatic carbocycles. The van der Waals surface area contributed by atoms with Crippen molar-refractivity contribution < 1.29 is 18.7 Å². The Morgan fingerprint density at radius 3 is 2.92 bits per heavy atom. The number of carbonyl (C=O) groups excluding carboxylic acids is 2. The molecular weight excluding hydrogens is 312 g/mol. The van der Waals surface area contributed by atoms with Crippen LogP contribution in [-0.4, -0.2) is 35.9 Å². The van der Waals surface area contributed by atoms with Gasteiger partial charge in [-0.05, 0) is 37.5 Å². The van der Waals surface area contributed by atoms with E-state index in [0.29, 0.717) is 24.3 Å². The molecule has 2 aromatic rings. The highest BCUT2D eigenvalue weighted by atomic mass is 16.5. The van der Waals surface area contributed by atoms with Crippen LogP contribution in [0.25, 0.3) is 11.0 Å². The molecule has 2 N–H and O–H groups in total. The number of rotatable bonds is 4. The molecule has 0 bridgehead atoms. The summed E-state index contributed by atoms with van der Waals surface area (Å²) in [5.74, 6) is -0.370. The zero-order valence-corrected chi connectivity index (χ0v) is 13.3. The number of carbonyl (C=O) groups is 2. The Hall–Kier alpha value is -2.83. The molecule has 1 atom stereocenters. The molecule has 126 valence electrons. The molecule has 1 aromatic carbocycles. The van der Waals surface area contributed by atoms with Crippen LogP contribution in [0.4, 0.5) is 0 Å². The van der Waals surface area contributed by atoms with Crippen LogP contribution in [0.2, 0.25) is 0 Å². The number of likely N-dealkylation sites (tertiary alicyclic amines) is 1. The lowest BCUT2D eigenvalue weighted by Gasteiger charge is -2.22. The van der Waals surface area contributed by atoms with Crippen molar-refractivity contribution in [3.63, 3.8) is 0 Å². The molecule has 1 aliphatic heterocycles. The highest BCUT2D eigenvalue weighted by Crippen LogP contribution is 2.23. The molecular formula is C17H18N2O5. The van der Waals surface area contributed by atoms with Crippen LogP contribution in [0.15, 0.2) is 33.5 Å². The molecule has 1 fully saturated rings. The predicted molar refractivity (Wildman–Crippen MR) is 86.6 cm³/mol. The molecule has 7 nitrogen and oxygen atoms in total. The van der Waals surface area contributed by atoms with E-state index in [4.69, 9.17) is 14.9 Å². The number of nitrogens with two attached hydrogens (primary N) is 1. The van der Waals surface area contributed by atoms with Crippen LogP contribution < -0.4 is 16.1 Å². The minimum absolute atomic E-state index is 0.203. The van der Waals surface area contributed by atoms with Crippen molar-refractivity contribution in [3.8, 4) is 5.75 Å². The smallest absolute Gasteiger partial charge is 0.336 e. The molecule has 1 aromatic heterocycles. The lowest BCUT2D eigenvalue weighted by atomic mass is 10.1. The maximum Gasteiger partial charge on any atom is 0.336 e. The number of nitrogens with zero attached hydrogens (tertiary/aromatic N) is 1. The molecule has 2 amide bonds. The fraction of sp³-hybridized carbons (Fsp3) is 0.353. The Labute approximate surface area is 138 Å². The summed E-state index contributed by atoms with van der Waals surface area (Å²) in [6.45, 7) is 2.12. The third-order valence-electron chi connectivity index (χ3n) is 4.19. The van der Waals surface area contributed by atoms with E-state index in [0.717, 1.165) is 17.4 Å². The molecule has 0 saturated carbocycles. The zero-order valence-electron chi connectivity index (χ0n) is 13.3. The summed E-state index contributed by atoms with van der Waals surface area (Å²) in [6.07, 6.45) is 1.33. The normalized spacial score (nSPS) is 17.2. The Kier molecular flexibility index (Phi) is 4.24. The number of primary amides is 1. The first-order valence-corrected chi connectivity index (χ1v) is 7.72. The van der Waals surface area contributed by atoms with Gasteiger partial charge in [-0.15, -0.1) is 0 Å². The van der Waals surface area contributed by atoms with Crippen molar-refractivity contribution in [1.82, 2.24) is 4.90 Å². The first kappa shape index (κ1) is 16.0. The second kappa shape index (κ2) is 6.35. The van der Waals surface area contributed by atoms with E-state index < -0.39 is 17.6 Å². The van der Waals surface area contributed by atoms with Crippen LogP contribution in [0, 0.1) is 6.92 Å². The van der Waals surface area contributed by atoms with Gasteiger partial charge in [-0.25, -0.2) is 4.79 Å². The number of benzene rings is 1. The molecule has 1 unspecified atom stereocenters. The standard InChI is InChI=1S/C17H18N2O5/c1-10-7-16(21)24-14-8-11(4-5-12(10)14)23-9-15(20)19-6-2-3-13(19)17(18)22/h4-5,7-8,13H,2-3,6,9H2,1H3,(H2,18,22). The van der Waals surface area contributed by atoms with Crippen molar-refractivity contribution >= 4 is 22.8 Å². The van der Waals surface area contributed by atoms with Gasteiger partial charge in [0.15, 0.2) is 6.61 Å². The number of hydrogen-bond acceptors (Lipinski definition) is 5. The lowest BCUT2D eigenvalue weighted by molar-refractivity contribution is -0.138. The van der Waals surface area contributed by atoms with Crippen LogP contribution >= 0.6 is 0 Å².